The van der Waals surface area contributed by atoms with E-state index in [0.29, 0.717) is 24.1 Å². The Kier molecular flexibility index (Phi) is 7.70. The number of nitrogens with zero attached hydrogens (tertiary/aromatic N) is 2. The Labute approximate surface area is 181 Å². The van der Waals surface area contributed by atoms with Crippen LogP contribution in [0, 0.1) is 6.92 Å². The molecule has 2 heterocycles. The van der Waals surface area contributed by atoms with Crippen LogP contribution in [0.5, 0.6) is 0 Å². The third kappa shape index (κ3) is 5.37. The Hall–Kier alpha value is -1.82. The lowest BCUT2D eigenvalue weighted by molar-refractivity contribution is -0.140. The summed E-state index contributed by atoms with van der Waals surface area (Å²) in [5.41, 5.74) is 0.963. The van der Waals surface area contributed by atoms with Crippen molar-refractivity contribution in [3.05, 3.63) is 51.7 Å². The van der Waals surface area contributed by atoms with Gasteiger partial charge < -0.3 is 15.1 Å². The van der Waals surface area contributed by atoms with Gasteiger partial charge in [0.15, 0.2) is 11.7 Å². The summed E-state index contributed by atoms with van der Waals surface area (Å²) in [6.07, 6.45) is -4.42. The molecular formula is C18H20F3IN4OS. The van der Waals surface area contributed by atoms with Gasteiger partial charge in [0.1, 0.15) is 22.9 Å². The van der Waals surface area contributed by atoms with Gasteiger partial charge in [-0.05, 0) is 19.9 Å². The molecule has 5 nitrogen and oxygen atoms in total. The van der Waals surface area contributed by atoms with Crippen molar-refractivity contribution in [1.82, 2.24) is 15.6 Å². The van der Waals surface area contributed by atoms with Crippen molar-refractivity contribution < 1.29 is 17.6 Å². The highest BCUT2D eigenvalue weighted by Gasteiger charge is 2.33. The quantitative estimate of drug-likeness (QED) is 0.278. The van der Waals surface area contributed by atoms with Crippen molar-refractivity contribution in [3.8, 4) is 0 Å². The normalized spacial score (nSPS) is 12.1. The maximum absolute atomic E-state index is 12.6. The Balaban J connectivity index is 0.00000280. The molecule has 0 saturated carbocycles. The molecule has 2 N–H and O–H groups in total. The largest absolute Gasteiger partial charge is 0.459 e. The number of hydrogen-bond donors (Lipinski definition) is 2. The van der Waals surface area contributed by atoms with Gasteiger partial charge in [-0.3, -0.25) is 0 Å². The van der Waals surface area contributed by atoms with Crippen LogP contribution in [0.2, 0.25) is 0 Å². The number of thiazole rings is 1. The molecule has 10 heteroatoms. The predicted molar refractivity (Wildman–Crippen MR) is 115 cm³/mol. The molecule has 0 fully saturated rings. The molecule has 0 unspecified atom stereocenters. The second kappa shape index (κ2) is 9.59. The summed E-state index contributed by atoms with van der Waals surface area (Å²) in [6.45, 7) is 4.99. The number of guanidine groups is 1. The SMILES string of the molecule is CCNC(=NCc1oc2ccccc2c1C)NCc1nc(C(F)(F)F)cs1.I. The number of nitrogens with one attached hydrogen (secondary N) is 2. The number of para-hydroxylation sites is 1. The zero-order chi connectivity index (χ0) is 19.4. The van der Waals surface area contributed by atoms with E-state index in [1.54, 1.807) is 0 Å². The molecule has 1 aromatic carbocycles. The van der Waals surface area contributed by atoms with Crippen molar-refractivity contribution in [2.24, 2.45) is 4.99 Å². The number of benzene rings is 1. The van der Waals surface area contributed by atoms with Crippen molar-refractivity contribution in [2.45, 2.75) is 33.1 Å². The van der Waals surface area contributed by atoms with Crippen molar-refractivity contribution in [1.29, 1.82) is 0 Å². The van der Waals surface area contributed by atoms with Gasteiger partial charge in [-0.2, -0.15) is 13.2 Å². The van der Waals surface area contributed by atoms with Crippen LogP contribution in [0.4, 0.5) is 13.2 Å². The second-order valence-corrected chi connectivity index (χ2v) is 6.76. The number of fused-ring (bicyclic) bond motifs is 1. The fourth-order valence-corrected chi connectivity index (χ4v) is 3.29. The first-order valence-corrected chi connectivity index (χ1v) is 9.27. The molecule has 0 aliphatic heterocycles. The van der Waals surface area contributed by atoms with Gasteiger partial charge in [0.05, 0.1) is 6.54 Å². The molecule has 0 amide bonds. The molecule has 152 valence electrons. The molecule has 0 aliphatic rings. The number of aryl methyl sites for hydroxylation is 1. The van der Waals surface area contributed by atoms with E-state index in [0.717, 1.165) is 39.0 Å². The fourth-order valence-electron chi connectivity index (χ4n) is 2.55. The Bertz CT molecular complexity index is 952. The summed E-state index contributed by atoms with van der Waals surface area (Å²) >= 11 is 0.961. The highest BCUT2D eigenvalue weighted by molar-refractivity contribution is 14.0. The molecular weight excluding hydrogens is 504 g/mol. The van der Waals surface area contributed by atoms with Crippen molar-refractivity contribution >= 4 is 52.2 Å². The molecule has 0 saturated heterocycles. The smallest absolute Gasteiger partial charge is 0.434 e. The number of alkyl halides is 3. The lowest BCUT2D eigenvalue weighted by atomic mass is 10.1. The van der Waals surface area contributed by atoms with Gasteiger partial charge in [0, 0.05) is 22.9 Å². The van der Waals surface area contributed by atoms with Crippen LogP contribution in [0.1, 0.15) is 28.9 Å². The van der Waals surface area contributed by atoms with Crippen molar-refractivity contribution in [2.75, 3.05) is 6.54 Å². The fraction of sp³-hybridized carbons (Fsp3) is 0.333. The van der Waals surface area contributed by atoms with Crippen LogP contribution in [-0.2, 0) is 19.3 Å². The summed E-state index contributed by atoms with van der Waals surface area (Å²) in [7, 11) is 0. The first-order chi connectivity index (χ1) is 12.9. The van der Waals surface area contributed by atoms with E-state index in [2.05, 4.69) is 20.6 Å². The Morgan fingerprint density at radius 1 is 1.25 bits per heavy atom. The van der Waals surface area contributed by atoms with Crippen LogP contribution in [0.3, 0.4) is 0 Å². The first-order valence-electron chi connectivity index (χ1n) is 8.39. The van der Waals surface area contributed by atoms with Crippen LogP contribution in [0.25, 0.3) is 11.0 Å². The van der Waals surface area contributed by atoms with Crippen LogP contribution in [0.15, 0.2) is 39.1 Å². The van der Waals surface area contributed by atoms with E-state index in [-0.39, 0.29) is 30.5 Å². The zero-order valence-electron chi connectivity index (χ0n) is 15.3. The third-order valence-corrected chi connectivity index (χ3v) is 4.77. The van der Waals surface area contributed by atoms with E-state index >= 15 is 0 Å². The average Bonchev–Trinajstić information content (AvgIpc) is 3.23. The maximum atomic E-state index is 12.6. The van der Waals surface area contributed by atoms with E-state index < -0.39 is 11.9 Å². The summed E-state index contributed by atoms with van der Waals surface area (Å²) in [4.78, 5) is 8.07. The number of halogens is 4. The van der Waals surface area contributed by atoms with E-state index in [1.165, 1.54) is 0 Å². The van der Waals surface area contributed by atoms with E-state index in [4.69, 9.17) is 4.42 Å². The predicted octanol–water partition coefficient (Wildman–Crippen LogP) is 5.09. The minimum absolute atomic E-state index is 0. The summed E-state index contributed by atoms with van der Waals surface area (Å²) < 4.78 is 43.7. The van der Waals surface area contributed by atoms with Gasteiger partial charge in [0.25, 0.3) is 0 Å². The molecule has 3 aromatic rings. The standard InChI is InChI=1S/C18H19F3N4OS.HI/c1-3-22-17(24-9-16-25-15(10-27-16)18(19,20)21)23-8-14-11(2)12-6-4-5-7-13(12)26-14;/h4-7,10H,3,8-9H2,1-2H3,(H2,22,23,24);1H. The molecule has 0 radical (unpaired) electrons. The Morgan fingerprint density at radius 3 is 2.64 bits per heavy atom. The van der Waals surface area contributed by atoms with Gasteiger partial charge in [-0.1, -0.05) is 18.2 Å². The van der Waals surface area contributed by atoms with Crippen LogP contribution < -0.4 is 10.6 Å². The monoisotopic (exact) mass is 524 g/mol. The highest BCUT2D eigenvalue weighted by atomic mass is 127. The van der Waals surface area contributed by atoms with Crippen LogP contribution >= 0.6 is 35.3 Å². The molecule has 0 atom stereocenters. The average molecular weight is 524 g/mol. The third-order valence-electron chi connectivity index (χ3n) is 3.92. The lowest BCUT2D eigenvalue weighted by Gasteiger charge is -2.09. The zero-order valence-corrected chi connectivity index (χ0v) is 18.4. The summed E-state index contributed by atoms with van der Waals surface area (Å²) in [5.74, 6) is 1.24. The molecule has 0 bridgehead atoms. The summed E-state index contributed by atoms with van der Waals surface area (Å²) in [5, 5.41) is 8.47. The van der Waals surface area contributed by atoms with Gasteiger partial charge in [0.2, 0.25) is 0 Å². The molecule has 0 spiro atoms. The number of aromatic nitrogens is 1. The van der Waals surface area contributed by atoms with Gasteiger partial charge in [-0.15, -0.1) is 35.3 Å². The van der Waals surface area contributed by atoms with Gasteiger partial charge in [-0.25, -0.2) is 9.98 Å². The number of aliphatic imine (C=N–C) groups is 1. The summed E-state index contributed by atoms with van der Waals surface area (Å²) in [6, 6.07) is 7.76. The maximum Gasteiger partial charge on any atom is 0.434 e. The van der Waals surface area contributed by atoms with Gasteiger partial charge >= 0.3 is 6.18 Å². The Morgan fingerprint density at radius 2 is 2.00 bits per heavy atom. The van der Waals surface area contributed by atoms with Crippen LogP contribution in [-0.4, -0.2) is 17.5 Å². The second-order valence-electron chi connectivity index (χ2n) is 5.82. The minimum Gasteiger partial charge on any atom is -0.459 e. The van der Waals surface area contributed by atoms with Crippen molar-refractivity contribution in [3.63, 3.8) is 0 Å². The number of rotatable bonds is 5. The molecule has 3 rings (SSSR count). The molecule has 2 aromatic heterocycles. The van der Waals surface area contributed by atoms with E-state index in [1.807, 2.05) is 38.1 Å². The highest BCUT2D eigenvalue weighted by Crippen LogP contribution is 2.30. The number of hydrogen-bond acceptors (Lipinski definition) is 4. The number of furan rings is 1. The first kappa shape index (κ1) is 22.5. The molecule has 0 aliphatic carbocycles. The topological polar surface area (TPSA) is 62.5 Å². The van der Waals surface area contributed by atoms with E-state index in [9.17, 15) is 13.2 Å². The minimum atomic E-state index is -4.42. The lowest BCUT2D eigenvalue weighted by Crippen LogP contribution is -2.36. The molecule has 28 heavy (non-hydrogen) atoms.